The van der Waals surface area contributed by atoms with E-state index in [9.17, 15) is 9.18 Å². The molecule has 0 atom stereocenters. The summed E-state index contributed by atoms with van der Waals surface area (Å²) < 4.78 is 18.5. The summed E-state index contributed by atoms with van der Waals surface area (Å²) in [6, 6.07) is 13.4. The van der Waals surface area contributed by atoms with Crippen molar-refractivity contribution in [3.05, 3.63) is 64.9 Å². The van der Waals surface area contributed by atoms with Crippen LogP contribution in [-0.2, 0) is 11.2 Å². The van der Waals surface area contributed by atoms with Crippen molar-refractivity contribution >= 4 is 17.5 Å². The Morgan fingerprint density at radius 3 is 2.31 bits per heavy atom. The van der Waals surface area contributed by atoms with E-state index in [1.54, 1.807) is 12.1 Å². The van der Waals surface area contributed by atoms with Gasteiger partial charge in [-0.1, -0.05) is 23.7 Å². The third-order valence-corrected chi connectivity index (χ3v) is 4.74. The molecule has 2 aromatic rings. The number of carbonyl (C=O) groups excluding carboxylic acids is 1. The SMILES string of the molecule is O=C(Cc1ccc(Cl)cc1)N1CCN(CCOc2ccc(F)cc2)CC1. The molecular formula is C20H22ClFN2O2. The van der Waals surface area contributed by atoms with Crippen molar-refractivity contribution in [2.75, 3.05) is 39.3 Å². The van der Waals surface area contributed by atoms with Gasteiger partial charge in [-0.05, 0) is 42.0 Å². The zero-order valence-electron chi connectivity index (χ0n) is 14.5. The summed E-state index contributed by atoms with van der Waals surface area (Å²) in [5.41, 5.74) is 0.981. The highest BCUT2D eigenvalue weighted by molar-refractivity contribution is 6.30. The van der Waals surface area contributed by atoms with Gasteiger partial charge in [-0.25, -0.2) is 4.39 Å². The lowest BCUT2D eigenvalue weighted by molar-refractivity contribution is -0.132. The van der Waals surface area contributed by atoms with Crippen molar-refractivity contribution in [1.82, 2.24) is 9.80 Å². The summed E-state index contributed by atoms with van der Waals surface area (Å²) in [4.78, 5) is 16.6. The zero-order chi connectivity index (χ0) is 18.4. The molecule has 1 heterocycles. The van der Waals surface area contributed by atoms with Crippen LogP contribution in [0.5, 0.6) is 5.75 Å². The van der Waals surface area contributed by atoms with Gasteiger partial charge in [-0.3, -0.25) is 9.69 Å². The first-order chi connectivity index (χ1) is 12.6. The lowest BCUT2D eigenvalue weighted by Crippen LogP contribution is -2.49. The highest BCUT2D eigenvalue weighted by Gasteiger charge is 2.21. The predicted octanol–water partition coefficient (Wildman–Crippen LogP) is 3.24. The second kappa shape index (κ2) is 9.01. The first-order valence-electron chi connectivity index (χ1n) is 8.73. The van der Waals surface area contributed by atoms with Crippen molar-refractivity contribution in [3.63, 3.8) is 0 Å². The molecule has 0 saturated carbocycles. The van der Waals surface area contributed by atoms with Gasteiger partial charge in [-0.15, -0.1) is 0 Å². The van der Waals surface area contributed by atoms with E-state index in [0.717, 1.165) is 38.3 Å². The average Bonchev–Trinajstić information content (AvgIpc) is 2.66. The molecule has 1 amide bonds. The van der Waals surface area contributed by atoms with Crippen LogP contribution < -0.4 is 4.74 Å². The number of ether oxygens (including phenoxy) is 1. The molecule has 0 aromatic heterocycles. The van der Waals surface area contributed by atoms with Crippen molar-refractivity contribution in [2.45, 2.75) is 6.42 Å². The van der Waals surface area contributed by atoms with Crippen LogP contribution in [0.4, 0.5) is 4.39 Å². The van der Waals surface area contributed by atoms with Crippen LogP contribution in [-0.4, -0.2) is 55.0 Å². The van der Waals surface area contributed by atoms with Gasteiger partial charge >= 0.3 is 0 Å². The minimum Gasteiger partial charge on any atom is -0.492 e. The number of rotatable bonds is 6. The number of halogens is 2. The van der Waals surface area contributed by atoms with Gasteiger partial charge in [0.2, 0.25) is 5.91 Å². The Hall–Kier alpha value is -2.11. The fraction of sp³-hybridized carbons (Fsp3) is 0.350. The van der Waals surface area contributed by atoms with Crippen LogP contribution in [0.15, 0.2) is 48.5 Å². The molecule has 4 nitrogen and oxygen atoms in total. The highest BCUT2D eigenvalue weighted by Crippen LogP contribution is 2.13. The normalized spacial score (nSPS) is 15.1. The van der Waals surface area contributed by atoms with Crippen LogP contribution in [0.3, 0.4) is 0 Å². The molecule has 0 N–H and O–H groups in total. The van der Waals surface area contributed by atoms with E-state index in [1.165, 1.54) is 12.1 Å². The standard InChI is InChI=1S/C20H22ClFN2O2/c21-17-3-1-16(2-4-17)15-20(25)24-11-9-23(10-12-24)13-14-26-19-7-5-18(22)6-8-19/h1-8H,9-15H2. The summed E-state index contributed by atoms with van der Waals surface area (Å²) in [5.74, 6) is 0.550. The molecular weight excluding hydrogens is 355 g/mol. The molecule has 0 aliphatic carbocycles. The number of carbonyl (C=O) groups is 1. The van der Waals surface area contributed by atoms with Gasteiger partial charge in [0.15, 0.2) is 0 Å². The number of benzene rings is 2. The van der Waals surface area contributed by atoms with Gasteiger partial charge < -0.3 is 9.64 Å². The first kappa shape index (κ1) is 18.7. The number of hydrogen-bond donors (Lipinski definition) is 0. The number of piperazine rings is 1. The Labute approximate surface area is 158 Å². The second-order valence-corrected chi connectivity index (χ2v) is 6.76. The van der Waals surface area contributed by atoms with Crippen molar-refractivity contribution in [1.29, 1.82) is 0 Å². The molecule has 0 unspecified atom stereocenters. The summed E-state index contributed by atoms with van der Waals surface area (Å²) in [6.45, 7) is 4.45. The fourth-order valence-electron chi connectivity index (χ4n) is 2.93. The Bertz CT molecular complexity index is 714. The predicted molar refractivity (Wildman–Crippen MR) is 100 cm³/mol. The highest BCUT2D eigenvalue weighted by atomic mass is 35.5. The van der Waals surface area contributed by atoms with E-state index in [-0.39, 0.29) is 11.7 Å². The molecule has 1 fully saturated rings. The van der Waals surface area contributed by atoms with Gasteiger partial charge in [0, 0.05) is 37.7 Å². The molecule has 2 aromatic carbocycles. The van der Waals surface area contributed by atoms with Crippen molar-refractivity contribution in [2.24, 2.45) is 0 Å². The topological polar surface area (TPSA) is 32.8 Å². The van der Waals surface area contributed by atoms with Crippen LogP contribution in [0.1, 0.15) is 5.56 Å². The molecule has 1 aliphatic rings. The van der Waals surface area contributed by atoms with Gasteiger partial charge in [0.1, 0.15) is 18.2 Å². The summed E-state index contributed by atoms with van der Waals surface area (Å²) >= 11 is 5.87. The minimum absolute atomic E-state index is 0.148. The number of nitrogens with zero attached hydrogens (tertiary/aromatic N) is 2. The van der Waals surface area contributed by atoms with E-state index in [4.69, 9.17) is 16.3 Å². The Kier molecular flexibility index (Phi) is 6.47. The van der Waals surface area contributed by atoms with Gasteiger partial charge in [-0.2, -0.15) is 0 Å². The van der Waals surface area contributed by atoms with E-state index in [0.29, 0.717) is 23.8 Å². The number of hydrogen-bond acceptors (Lipinski definition) is 3. The van der Waals surface area contributed by atoms with Gasteiger partial charge in [0.25, 0.3) is 0 Å². The maximum absolute atomic E-state index is 12.9. The second-order valence-electron chi connectivity index (χ2n) is 6.33. The van der Waals surface area contributed by atoms with E-state index in [2.05, 4.69) is 4.90 Å². The zero-order valence-corrected chi connectivity index (χ0v) is 15.3. The summed E-state index contributed by atoms with van der Waals surface area (Å²) in [7, 11) is 0. The molecule has 3 rings (SSSR count). The Morgan fingerprint density at radius 1 is 1.00 bits per heavy atom. The molecule has 6 heteroatoms. The monoisotopic (exact) mass is 376 g/mol. The molecule has 0 bridgehead atoms. The minimum atomic E-state index is -0.267. The van der Waals surface area contributed by atoms with E-state index in [1.807, 2.05) is 29.2 Å². The van der Waals surface area contributed by atoms with Gasteiger partial charge in [0.05, 0.1) is 6.42 Å². The lowest BCUT2D eigenvalue weighted by atomic mass is 10.1. The Balaban J connectivity index is 1.37. The lowest BCUT2D eigenvalue weighted by Gasteiger charge is -2.34. The van der Waals surface area contributed by atoms with Crippen molar-refractivity contribution in [3.8, 4) is 5.75 Å². The molecule has 0 radical (unpaired) electrons. The molecule has 26 heavy (non-hydrogen) atoms. The maximum Gasteiger partial charge on any atom is 0.227 e. The Morgan fingerprint density at radius 2 is 1.65 bits per heavy atom. The molecule has 138 valence electrons. The van der Waals surface area contributed by atoms with Crippen molar-refractivity contribution < 1.29 is 13.9 Å². The molecule has 1 aliphatic heterocycles. The summed E-state index contributed by atoms with van der Waals surface area (Å²) in [6.07, 6.45) is 0.408. The fourth-order valence-corrected chi connectivity index (χ4v) is 3.06. The summed E-state index contributed by atoms with van der Waals surface area (Å²) in [5, 5.41) is 0.678. The molecule has 1 saturated heterocycles. The number of amides is 1. The van der Waals surface area contributed by atoms with Crippen LogP contribution in [0, 0.1) is 5.82 Å². The van der Waals surface area contributed by atoms with Crippen LogP contribution in [0.25, 0.3) is 0 Å². The third-order valence-electron chi connectivity index (χ3n) is 4.48. The average molecular weight is 377 g/mol. The third kappa shape index (κ3) is 5.44. The van der Waals surface area contributed by atoms with Crippen LogP contribution >= 0.6 is 11.6 Å². The molecule has 0 spiro atoms. The smallest absolute Gasteiger partial charge is 0.227 e. The van der Waals surface area contributed by atoms with E-state index < -0.39 is 0 Å². The first-order valence-corrected chi connectivity index (χ1v) is 9.11. The van der Waals surface area contributed by atoms with Crippen LogP contribution in [0.2, 0.25) is 5.02 Å². The quantitative estimate of drug-likeness (QED) is 0.776. The largest absolute Gasteiger partial charge is 0.492 e. The maximum atomic E-state index is 12.9. The van der Waals surface area contributed by atoms with E-state index >= 15 is 0 Å².